The molecule has 0 radical (unpaired) electrons. The quantitative estimate of drug-likeness (QED) is 0.686. The molecule has 1 aliphatic heterocycles. The second-order valence-electron chi connectivity index (χ2n) is 4.92. The highest BCUT2D eigenvalue weighted by molar-refractivity contribution is 5.83. The fourth-order valence-corrected chi connectivity index (χ4v) is 1.63. The van der Waals surface area contributed by atoms with Gasteiger partial charge >= 0.3 is 0 Å². The maximum atomic E-state index is 5.63. The lowest BCUT2D eigenvalue weighted by Crippen LogP contribution is -2.20. The second kappa shape index (κ2) is 3.69. The van der Waals surface area contributed by atoms with E-state index in [4.69, 9.17) is 4.74 Å². The van der Waals surface area contributed by atoms with Crippen LogP contribution < -0.4 is 0 Å². The Morgan fingerprint density at radius 3 is 2.40 bits per heavy atom. The van der Waals surface area contributed by atoms with Gasteiger partial charge in [-0.15, -0.1) is 0 Å². The van der Waals surface area contributed by atoms with Crippen molar-refractivity contribution in [2.45, 2.75) is 26.8 Å². The molecule has 2 rings (SSSR count). The standard InChI is InChI=1S/C13H17NO/c1-13(2,3)12-14-11(9-15-12)10-7-5-4-6-8-10/h4-8,11H,9H2,1-3H3/t11-/m0/s1. The molecule has 1 aromatic carbocycles. The summed E-state index contributed by atoms with van der Waals surface area (Å²) < 4.78 is 5.63. The number of benzene rings is 1. The molecule has 0 saturated carbocycles. The van der Waals surface area contributed by atoms with Crippen LogP contribution in [0.3, 0.4) is 0 Å². The van der Waals surface area contributed by atoms with Crippen molar-refractivity contribution in [2.24, 2.45) is 10.4 Å². The lowest BCUT2D eigenvalue weighted by atomic mass is 9.97. The smallest absolute Gasteiger partial charge is 0.189 e. The Morgan fingerprint density at radius 1 is 1.20 bits per heavy atom. The minimum atomic E-state index is 0.0174. The molecule has 0 aliphatic carbocycles. The number of aliphatic imine (C=N–C) groups is 1. The highest BCUT2D eigenvalue weighted by Crippen LogP contribution is 2.29. The fourth-order valence-electron chi connectivity index (χ4n) is 1.63. The van der Waals surface area contributed by atoms with Crippen molar-refractivity contribution in [2.75, 3.05) is 6.61 Å². The number of hydrogen-bond donors (Lipinski definition) is 0. The van der Waals surface area contributed by atoms with Crippen LogP contribution in [0.25, 0.3) is 0 Å². The molecule has 15 heavy (non-hydrogen) atoms. The monoisotopic (exact) mass is 203 g/mol. The summed E-state index contributed by atoms with van der Waals surface area (Å²) in [4.78, 5) is 4.62. The summed E-state index contributed by atoms with van der Waals surface area (Å²) in [5.41, 5.74) is 1.25. The molecule has 0 fully saturated rings. The first-order valence-corrected chi connectivity index (χ1v) is 5.33. The summed E-state index contributed by atoms with van der Waals surface area (Å²) in [5, 5.41) is 0. The zero-order valence-corrected chi connectivity index (χ0v) is 9.53. The Labute approximate surface area is 91.0 Å². The van der Waals surface area contributed by atoms with Crippen LogP contribution in [-0.4, -0.2) is 12.5 Å². The van der Waals surface area contributed by atoms with E-state index in [1.807, 2.05) is 18.2 Å². The van der Waals surface area contributed by atoms with E-state index in [2.05, 4.69) is 37.9 Å². The maximum Gasteiger partial charge on any atom is 0.189 e. The highest BCUT2D eigenvalue weighted by Gasteiger charge is 2.28. The molecule has 1 aromatic rings. The van der Waals surface area contributed by atoms with Gasteiger partial charge < -0.3 is 4.74 Å². The van der Waals surface area contributed by atoms with Gasteiger partial charge in [0.1, 0.15) is 12.6 Å². The van der Waals surface area contributed by atoms with E-state index in [1.165, 1.54) is 5.56 Å². The van der Waals surface area contributed by atoms with E-state index < -0.39 is 0 Å². The molecule has 80 valence electrons. The molecule has 0 bridgehead atoms. The number of rotatable bonds is 1. The molecule has 1 heterocycles. The first-order chi connectivity index (χ1) is 7.07. The van der Waals surface area contributed by atoms with Gasteiger partial charge in [0.25, 0.3) is 0 Å². The van der Waals surface area contributed by atoms with Gasteiger partial charge in [-0.2, -0.15) is 0 Å². The molecule has 0 unspecified atom stereocenters. The SMILES string of the molecule is CC(C)(C)C1=N[C@H](c2ccccc2)CO1. The van der Waals surface area contributed by atoms with E-state index in [-0.39, 0.29) is 11.5 Å². The normalized spacial score (nSPS) is 21.0. The van der Waals surface area contributed by atoms with Gasteiger partial charge in [0.15, 0.2) is 5.90 Å². The van der Waals surface area contributed by atoms with Gasteiger partial charge in [-0.25, -0.2) is 4.99 Å². The average Bonchev–Trinajstić information content (AvgIpc) is 2.67. The van der Waals surface area contributed by atoms with Crippen LogP contribution in [0.5, 0.6) is 0 Å². The minimum Gasteiger partial charge on any atom is -0.478 e. The number of ether oxygens (including phenoxy) is 1. The first-order valence-electron chi connectivity index (χ1n) is 5.33. The van der Waals surface area contributed by atoms with Crippen LogP contribution in [0.1, 0.15) is 32.4 Å². The first kappa shape index (κ1) is 10.2. The number of nitrogens with zero attached hydrogens (tertiary/aromatic N) is 1. The number of hydrogen-bond acceptors (Lipinski definition) is 2. The van der Waals surface area contributed by atoms with Gasteiger partial charge in [0, 0.05) is 5.41 Å². The van der Waals surface area contributed by atoms with Crippen LogP contribution in [0, 0.1) is 5.41 Å². The van der Waals surface area contributed by atoms with Crippen LogP contribution in [-0.2, 0) is 4.74 Å². The summed E-state index contributed by atoms with van der Waals surface area (Å²) in [6.07, 6.45) is 0. The largest absolute Gasteiger partial charge is 0.478 e. The molecule has 0 aromatic heterocycles. The van der Waals surface area contributed by atoms with Crippen LogP contribution in [0.15, 0.2) is 35.3 Å². The molecule has 1 atom stereocenters. The predicted octanol–water partition coefficient (Wildman–Crippen LogP) is 3.20. The maximum absolute atomic E-state index is 5.63. The summed E-state index contributed by atoms with van der Waals surface area (Å²) in [7, 11) is 0. The minimum absolute atomic E-state index is 0.0174. The summed E-state index contributed by atoms with van der Waals surface area (Å²) >= 11 is 0. The van der Waals surface area contributed by atoms with E-state index in [0.29, 0.717) is 6.61 Å². The molecule has 0 spiro atoms. The van der Waals surface area contributed by atoms with Crippen LogP contribution in [0.2, 0.25) is 0 Å². The van der Waals surface area contributed by atoms with Crippen molar-refractivity contribution in [3.8, 4) is 0 Å². The summed E-state index contributed by atoms with van der Waals surface area (Å²) in [6.45, 7) is 7.05. The Morgan fingerprint density at radius 2 is 1.87 bits per heavy atom. The van der Waals surface area contributed by atoms with Crippen molar-refractivity contribution in [1.82, 2.24) is 0 Å². The lowest BCUT2D eigenvalue weighted by molar-refractivity contribution is 0.283. The van der Waals surface area contributed by atoms with Crippen molar-refractivity contribution in [1.29, 1.82) is 0 Å². The van der Waals surface area contributed by atoms with Gasteiger partial charge in [-0.1, -0.05) is 51.1 Å². The third-order valence-corrected chi connectivity index (χ3v) is 2.48. The van der Waals surface area contributed by atoms with E-state index in [9.17, 15) is 0 Å². The molecular weight excluding hydrogens is 186 g/mol. The molecule has 2 nitrogen and oxygen atoms in total. The van der Waals surface area contributed by atoms with E-state index >= 15 is 0 Å². The van der Waals surface area contributed by atoms with Crippen molar-refractivity contribution >= 4 is 5.90 Å². The Kier molecular flexibility index (Phi) is 2.51. The van der Waals surface area contributed by atoms with E-state index in [0.717, 1.165) is 5.90 Å². The van der Waals surface area contributed by atoms with Crippen molar-refractivity contribution < 1.29 is 4.74 Å². The average molecular weight is 203 g/mol. The third kappa shape index (κ3) is 2.20. The van der Waals surface area contributed by atoms with Crippen molar-refractivity contribution in [3.63, 3.8) is 0 Å². The van der Waals surface area contributed by atoms with Gasteiger partial charge in [0.2, 0.25) is 0 Å². The molecule has 2 heteroatoms. The Balaban J connectivity index is 2.20. The fraction of sp³-hybridized carbons (Fsp3) is 0.462. The van der Waals surface area contributed by atoms with E-state index in [1.54, 1.807) is 0 Å². The highest BCUT2D eigenvalue weighted by atomic mass is 16.5. The Bertz CT molecular complexity index is 362. The van der Waals surface area contributed by atoms with Gasteiger partial charge in [-0.3, -0.25) is 0 Å². The van der Waals surface area contributed by atoms with Gasteiger partial charge in [-0.05, 0) is 5.56 Å². The predicted molar refractivity (Wildman–Crippen MR) is 62.0 cm³/mol. The van der Waals surface area contributed by atoms with Crippen LogP contribution >= 0.6 is 0 Å². The molecule has 0 amide bonds. The summed E-state index contributed by atoms with van der Waals surface area (Å²) in [6, 6.07) is 10.5. The van der Waals surface area contributed by atoms with Crippen molar-refractivity contribution in [3.05, 3.63) is 35.9 Å². The summed E-state index contributed by atoms with van der Waals surface area (Å²) in [5.74, 6) is 0.872. The second-order valence-corrected chi connectivity index (χ2v) is 4.92. The lowest BCUT2D eigenvalue weighted by Gasteiger charge is -2.16. The Hall–Kier alpha value is -1.31. The zero-order valence-electron chi connectivity index (χ0n) is 9.53. The molecule has 0 N–H and O–H groups in total. The topological polar surface area (TPSA) is 21.6 Å². The van der Waals surface area contributed by atoms with Gasteiger partial charge in [0.05, 0.1) is 0 Å². The molecule has 1 aliphatic rings. The third-order valence-electron chi connectivity index (χ3n) is 2.48. The van der Waals surface area contributed by atoms with Crippen LogP contribution in [0.4, 0.5) is 0 Å². The zero-order chi connectivity index (χ0) is 10.9. The molecule has 0 saturated heterocycles. The molecular formula is C13H17NO.